The molecule has 10 heavy (non-hydrogen) atoms. The summed E-state index contributed by atoms with van der Waals surface area (Å²) in [5.41, 5.74) is 2.17. The maximum atomic E-state index is 3.93. The third kappa shape index (κ3) is 2.22. The van der Waals surface area contributed by atoms with Gasteiger partial charge < -0.3 is 0 Å². The predicted molar refractivity (Wildman–Crippen MR) is 47.9 cm³/mol. The lowest BCUT2D eigenvalue weighted by atomic mass is 9.93. The van der Waals surface area contributed by atoms with Crippen molar-refractivity contribution in [2.24, 2.45) is 5.92 Å². The third-order valence-corrected chi connectivity index (χ3v) is 1.72. The minimum Gasteiger partial charge on any atom is -0.102 e. The van der Waals surface area contributed by atoms with Crippen molar-refractivity contribution in [1.29, 1.82) is 0 Å². The highest BCUT2D eigenvalue weighted by atomic mass is 14.1. The maximum Gasteiger partial charge on any atom is 0.000917 e. The molecular formula is C10H16. The van der Waals surface area contributed by atoms with E-state index in [0.717, 1.165) is 17.6 Å². The number of allylic oxidation sites excluding steroid dienone is 3. The van der Waals surface area contributed by atoms with Crippen molar-refractivity contribution < 1.29 is 0 Å². The molecule has 0 aromatic carbocycles. The molecule has 0 radical (unpaired) electrons. The van der Waals surface area contributed by atoms with Gasteiger partial charge in [-0.1, -0.05) is 31.7 Å². The first-order chi connectivity index (χ1) is 4.63. The Hall–Kier alpha value is -0.780. The first-order valence-corrected chi connectivity index (χ1v) is 3.60. The second kappa shape index (κ2) is 4.10. The van der Waals surface area contributed by atoms with E-state index in [1.165, 1.54) is 0 Å². The van der Waals surface area contributed by atoms with E-state index in [0.29, 0.717) is 5.92 Å². The molecule has 0 spiro atoms. The minimum atomic E-state index is 0.414. The molecule has 0 nitrogen and oxygen atoms in total. The van der Waals surface area contributed by atoms with E-state index >= 15 is 0 Å². The second-order valence-corrected chi connectivity index (χ2v) is 2.56. The van der Waals surface area contributed by atoms with Crippen molar-refractivity contribution in [3.05, 3.63) is 37.0 Å². The molecule has 0 heterocycles. The summed E-state index contributed by atoms with van der Waals surface area (Å²) in [6, 6.07) is 0. The highest BCUT2D eigenvalue weighted by Crippen LogP contribution is 2.19. The van der Waals surface area contributed by atoms with E-state index in [2.05, 4.69) is 26.7 Å². The zero-order chi connectivity index (χ0) is 8.15. The molecule has 0 aromatic rings. The topological polar surface area (TPSA) is 0 Å². The normalized spacial score (nSPS) is 12.2. The number of rotatable bonds is 4. The highest BCUT2D eigenvalue weighted by Gasteiger charge is 2.04. The van der Waals surface area contributed by atoms with Crippen LogP contribution >= 0.6 is 0 Å². The molecule has 0 amide bonds. The predicted octanol–water partition coefficient (Wildman–Crippen LogP) is 3.33. The number of hydrogen-bond acceptors (Lipinski definition) is 0. The molecular weight excluding hydrogens is 120 g/mol. The van der Waals surface area contributed by atoms with Gasteiger partial charge in [-0.15, -0.1) is 6.58 Å². The van der Waals surface area contributed by atoms with Gasteiger partial charge in [0, 0.05) is 5.92 Å². The van der Waals surface area contributed by atoms with Crippen LogP contribution in [-0.4, -0.2) is 0 Å². The monoisotopic (exact) mass is 136 g/mol. The maximum absolute atomic E-state index is 3.93. The van der Waals surface area contributed by atoms with Crippen LogP contribution in [-0.2, 0) is 0 Å². The van der Waals surface area contributed by atoms with E-state index in [4.69, 9.17) is 0 Å². The molecule has 0 rings (SSSR count). The summed E-state index contributed by atoms with van der Waals surface area (Å²) in [4.78, 5) is 0. The third-order valence-electron chi connectivity index (χ3n) is 1.72. The summed E-state index contributed by atoms with van der Waals surface area (Å²) in [6.45, 7) is 15.6. The molecule has 0 aromatic heterocycles. The van der Waals surface area contributed by atoms with Gasteiger partial charge in [0.05, 0.1) is 0 Å². The van der Waals surface area contributed by atoms with E-state index in [9.17, 15) is 0 Å². The van der Waals surface area contributed by atoms with Crippen molar-refractivity contribution in [3.63, 3.8) is 0 Å². The van der Waals surface area contributed by atoms with Gasteiger partial charge in [-0.2, -0.15) is 0 Å². The summed E-state index contributed by atoms with van der Waals surface area (Å²) in [5.74, 6) is 0.414. The van der Waals surface area contributed by atoms with Gasteiger partial charge in [0.2, 0.25) is 0 Å². The Labute approximate surface area is 64.0 Å². The molecule has 0 saturated carbocycles. The minimum absolute atomic E-state index is 0.414. The molecule has 0 N–H and O–H groups in total. The van der Waals surface area contributed by atoms with Crippen LogP contribution in [0.1, 0.15) is 20.3 Å². The van der Waals surface area contributed by atoms with E-state index in [1.54, 1.807) is 0 Å². The summed E-state index contributed by atoms with van der Waals surface area (Å²) >= 11 is 0. The van der Waals surface area contributed by atoms with Crippen molar-refractivity contribution in [2.75, 3.05) is 0 Å². The molecule has 0 heteroatoms. The lowest BCUT2D eigenvalue weighted by Crippen LogP contribution is -1.97. The zero-order valence-electron chi connectivity index (χ0n) is 6.98. The fourth-order valence-corrected chi connectivity index (χ4v) is 0.872. The van der Waals surface area contributed by atoms with Gasteiger partial charge in [0.25, 0.3) is 0 Å². The van der Waals surface area contributed by atoms with Crippen LogP contribution < -0.4 is 0 Å². The van der Waals surface area contributed by atoms with Gasteiger partial charge in [-0.3, -0.25) is 0 Å². The Kier molecular flexibility index (Phi) is 3.78. The van der Waals surface area contributed by atoms with Crippen LogP contribution in [0.5, 0.6) is 0 Å². The molecule has 0 bridgehead atoms. The first kappa shape index (κ1) is 9.22. The van der Waals surface area contributed by atoms with Crippen LogP contribution in [0.4, 0.5) is 0 Å². The van der Waals surface area contributed by atoms with Gasteiger partial charge in [-0.05, 0) is 18.9 Å². The summed E-state index contributed by atoms with van der Waals surface area (Å²) in [6.07, 6.45) is 2.99. The fraction of sp³-hybridized carbons (Fsp3) is 0.400. The van der Waals surface area contributed by atoms with Crippen LogP contribution in [0.2, 0.25) is 0 Å². The average Bonchev–Trinajstić information content (AvgIpc) is 1.90. The van der Waals surface area contributed by atoms with Crippen molar-refractivity contribution in [2.45, 2.75) is 20.3 Å². The Morgan fingerprint density at radius 3 is 2.10 bits per heavy atom. The molecule has 1 unspecified atom stereocenters. The van der Waals surface area contributed by atoms with E-state index in [-0.39, 0.29) is 0 Å². The van der Waals surface area contributed by atoms with Gasteiger partial charge in [0.15, 0.2) is 0 Å². The fourth-order valence-electron chi connectivity index (χ4n) is 0.872. The molecule has 56 valence electrons. The Morgan fingerprint density at radius 1 is 1.50 bits per heavy atom. The Balaban J connectivity index is 4.15. The molecule has 0 aliphatic carbocycles. The van der Waals surface area contributed by atoms with Gasteiger partial charge in [0.1, 0.15) is 0 Å². The van der Waals surface area contributed by atoms with Crippen LogP contribution in [0.15, 0.2) is 37.0 Å². The largest absolute Gasteiger partial charge is 0.102 e. The number of hydrogen-bond donors (Lipinski definition) is 0. The summed E-state index contributed by atoms with van der Waals surface area (Å²) in [7, 11) is 0. The van der Waals surface area contributed by atoms with Gasteiger partial charge >= 0.3 is 0 Å². The summed E-state index contributed by atoms with van der Waals surface area (Å²) in [5, 5.41) is 0. The van der Waals surface area contributed by atoms with Crippen LogP contribution in [0.25, 0.3) is 0 Å². The average molecular weight is 136 g/mol. The van der Waals surface area contributed by atoms with Crippen LogP contribution in [0, 0.1) is 5.92 Å². The molecule has 0 saturated heterocycles. The molecule has 1 atom stereocenters. The second-order valence-electron chi connectivity index (χ2n) is 2.56. The lowest BCUT2D eigenvalue weighted by molar-refractivity contribution is 0.739. The standard InChI is InChI=1S/C10H16/c1-6-10(7-2)9(5)8(3)4/h6,10H,1,3,5,7H2,2,4H3. The highest BCUT2D eigenvalue weighted by molar-refractivity contribution is 5.27. The van der Waals surface area contributed by atoms with E-state index in [1.807, 2.05) is 13.0 Å². The van der Waals surface area contributed by atoms with Gasteiger partial charge in [-0.25, -0.2) is 0 Å². The van der Waals surface area contributed by atoms with Crippen molar-refractivity contribution >= 4 is 0 Å². The van der Waals surface area contributed by atoms with Crippen molar-refractivity contribution in [1.82, 2.24) is 0 Å². The van der Waals surface area contributed by atoms with Crippen molar-refractivity contribution in [3.8, 4) is 0 Å². The van der Waals surface area contributed by atoms with Crippen LogP contribution in [0.3, 0.4) is 0 Å². The molecule has 0 aliphatic rings. The Morgan fingerprint density at radius 2 is 2.00 bits per heavy atom. The molecule has 0 aliphatic heterocycles. The van der Waals surface area contributed by atoms with E-state index < -0.39 is 0 Å². The zero-order valence-corrected chi connectivity index (χ0v) is 6.98. The quantitative estimate of drug-likeness (QED) is 0.411. The SMILES string of the molecule is C=CC(CC)C(=C)C(=C)C. The molecule has 0 fully saturated rings. The Bertz CT molecular complexity index is 151. The summed E-state index contributed by atoms with van der Waals surface area (Å²) < 4.78 is 0. The smallest absolute Gasteiger partial charge is 0.000917 e. The lowest BCUT2D eigenvalue weighted by Gasteiger charge is -2.12. The first-order valence-electron chi connectivity index (χ1n) is 3.60.